The Hall–Kier alpha value is -1.66. The Balaban J connectivity index is 1.65. The van der Waals surface area contributed by atoms with Gasteiger partial charge in [0.25, 0.3) is 0 Å². The van der Waals surface area contributed by atoms with Crippen molar-refractivity contribution in [3.63, 3.8) is 0 Å². The molecule has 1 atom stereocenters. The normalized spacial score (nSPS) is 17.9. The average molecular weight is 331 g/mol. The van der Waals surface area contributed by atoms with Gasteiger partial charge in [0.2, 0.25) is 0 Å². The first kappa shape index (κ1) is 17.2. The number of nitrogens with zero attached hydrogens (tertiary/aromatic N) is 4. The molecule has 0 saturated carbocycles. The van der Waals surface area contributed by atoms with Crippen molar-refractivity contribution < 1.29 is 4.74 Å². The molecule has 0 aromatic carbocycles. The number of nitrogens with one attached hydrogen (secondary N) is 1. The van der Waals surface area contributed by atoms with Gasteiger partial charge in [-0.3, -0.25) is 9.36 Å². The average Bonchev–Trinajstić information content (AvgIpc) is 3.17. The Bertz CT molecular complexity index is 667. The van der Waals surface area contributed by atoms with Gasteiger partial charge in [0.05, 0.1) is 31.1 Å². The van der Waals surface area contributed by atoms with Crippen LogP contribution in [-0.2, 0) is 29.8 Å². The van der Waals surface area contributed by atoms with Crippen LogP contribution in [0.15, 0.2) is 18.6 Å². The van der Waals surface area contributed by atoms with E-state index in [0.29, 0.717) is 12.6 Å². The van der Waals surface area contributed by atoms with Crippen molar-refractivity contribution >= 4 is 0 Å². The van der Waals surface area contributed by atoms with Crippen LogP contribution in [0.4, 0.5) is 0 Å². The van der Waals surface area contributed by atoms with E-state index in [1.165, 1.54) is 29.7 Å². The monoisotopic (exact) mass is 331 g/mol. The number of ether oxygens (including phenoxy) is 1. The fraction of sp³-hybridized carbons (Fsp3) is 0.667. The topological polar surface area (TPSA) is 56.9 Å². The molecule has 0 fully saturated rings. The molecule has 2 heterocycles. The van der Waals surface area contributed by atoms with Gasteiger partial charge in [-0.15, -0.1) is 0 Å². The summed E-state index contributed by atoms with van der Waals surface area (Å²) in [5.74, 6) is 0. The molecular weight excluding hydrogens is 302 g/mol. The Morgan fingerprint density at radius 3 is 2.88 bits per heavy atom. The number of hydrogen-bond acceptors (Lipinski definition) is 4. The molecule has 0 spiro atoms. The third kappa shape index (κ3) is 3.70. The maximum atomic E-state index is 5.09. The molecule has 2 aromatic heterocycles. The number of methoxy groups -OCH3 is 1. The predicted octanol–water partition coefficient (Wildman–Crippen LogP) is 2.65. The van der Waals surface area contributed by atoms with Crippen LogP contribution in [-0.4, -0.2) is 33.3 Å². The second-order valence-electron chi connectivity index (χ2n) is 7.56. The summed E-state index contributed by atoms with van der Waals surface area (Å²) in [6.07, 6.45) is 9.58. The Morgan fingerprint density at radius 2 is 2.12 bits per heavy atom. The molecule has 0 aliphatic heterocycles. The van der Waals surface area contributed by atoms with Crippen molar-refractivity contribution in [2.75, 3.05) is 13.7 Å². The van der Waals surface area contributed by atoms with Crippen molar-refractivity contribution in [1.29, 1.82) is 0 Å². The molecule has 0 saturated heterocycles. The van der Waals surface area contributed by atoms with Gasteiger partial charge < -0.3 is 10.1 Å². The minimum atomic E-state index is 0.0396. The fourth-order valence-electron chi connectivity index (χ4n) is 3.39. The molecule has 1 aliphatic carbocycles. The molecule has 6 nitrogen and oxygen atoms in total. The summed E-state index contributed by atoms with van der Waals surface area (Å²) in [4.78, 5) is 0. The highest BCUT2D eigenvalue weighted by atomic mass is 16.5. The summed E-state index contributed by atoms with van der Waals surface area (Å²) < 4.78 is 9.22. The highest BCUT2D eigenvalue weighted by molar-refractivity contribution is 5.26. The van der Waals surface area contributed by atoms with Gasteiger partial charge >= 0.3 is 0 Å². The van der Waals surface area contributed by atoms with Crippen molar-refractivity contribution in [2.45, 2.75) is 64.7 Å². The number of aromatic nitrogens is 4. The Morgan fingerprint density at radius 1 is 1.29 bits per heavy atom. The van der Waals surface area contributed by atoms with Gasteiger partial charge in [0.15, 0.2) is 0 Å². The third-order valence-corrected chi connectivity index (χ3v) is 4.58. The third-order valence-electron chi connectivity index (χ3n) is 4.58. The summed E-state index contributed by atoms with van der Waals surface area (Å²) in [5, 5.41) is 12.7. The van der Waals surface area contributed by atoms with Gasteiger partial charge in [-0.25, -0.2) is 0 Å². The summed E-state index contributed by atoms with van der Waals surface area (Å²) in [5.41, 5.74) is 4.00. The number of rotatable bonds is 6. The molecule has 0 amide bonds. The zero-order valence-corrected chi connectivity index (χ0v) is 15.2. The lowest BCUT2D eigenvalue weighted by molar-refractivity contribution is 0.183. The summed E-state index contributed by atoms with van der Waals surface area (Å²) in [6, 6.07) is 0.382. The molecular formula is C18H29N5O. The molecule has 0 radical (unpaired) electrons. The Kier molecular flexibility index (Phi) is 5.06. The van der Waals surface area contributed by atoms with Gasteiger partial charge in [-0.05, 0) is 40.0 Å². The second kappa shape index (κ2) is 7.07. The van der Waals surface area contributed by atoms with Crippen LogP contribution in [0, 0.1) is 0 Å². The smallest absolute Gasteiger partial charge is 0.0658 e. The molecule has 1 aliphatic rings. The molecule has 24 heavy (non-hydrogen) atoms. The minimum Gasteiger partial charge on any atom is -0.383 e. The van der Waals surface area contributed by atoms with Gasteiger partial charge in [-0.2, -0.15) is 10.2 Å². The highest BCUT2D eigenvalue weighted by Crippen LogP contribution is 2.32. The summed E-state index contributed by atoms with van der Waals surface area (Å²) in [6.45, 7) is 8.95. The maximum absolute atomic E-state index is 5.09. The van der Waals surface area contributed by atoms with Crippen LogP contribution >= 0.6 is 0 Å². The zero-order chi connectivity index (χ0) is 17.2. The van der Waals surface area contributed by atoms with E-state index in [-0.39, 0.29) is 5.54 Å². The van der Waals surface area contributed by atoms with Crippen molar-refractivity contribution in [2.24, 2.45) is 0 Å². The van der Waals surface area contributed by atoms with E-state index in [1.54, 1.807) is 7.11 Å². The van der Waals surface area contributed by atoms with E-state index >= 15 is 0 Å². The molecule has 1 unspecified atom stereocenters. The van der Waals surface area contributed by atoms with Crippen LogP contribution in [0.3, 0.4) is 0 Å². The first-order valence-electron chi connectivity index (χ1n) is 8.80. The zero-order valence-electron chi connectivity index (χ0n) is 15.2. The SMILES string of the molecule is COCCn1cc(CNC2CCCc3c2cnn3C(C)(C)C)cn1. The van der Waals surface area contributed by atoms with Crippen LogP contribution in [0.1, 0.15) is 56.5 Å². The molecule has 0 bridgehead atoms. The maximum Gasteiger partial charge on any atom is 0.0658 e. The number of fused-ring (bicyclic) bond motifs is 1. The van der Waals surface area contributed by atoms with E-state index in [2.05, 4.69) is 53.4 Å². The van der Waals surface area contributed by atoms with Crippen LogP contribution in [0.2, 0.25) is 0 Å². The van der Waals surface area contributed by atoms with Crippen LogP contribution in [0.25, 0.3) is 0 Å². The van der Waals surface area contributed by atoms with Crippen molar-refractivity contribution in [1.82, 2.24) is 24.9 Å². The van der Waals surface area contributed by atoms with Gasteiger partial charge in [0.1, 0.15) is 0 Å². The molecule has 1 N–H and O–H groups in total. The van der Waals surface area contributed by atoms with E-state index in [0.717, 1.165) is 19.5 Å². The minimum absolute atomic E-state index is 0.0396. The van der Waals surface area contributed by atoms with E-state index < -0.39 is 0 Å². The summed E-state index contributed by atoms with van der Waals surface area (Å²) >= 11 is 0. The first-order valence-corrected chi connectivity index (χ1v) is 8.80. The van der Waals surface area contributed by atoms with E-state index in [9.17, 15) is 0 Å². The number of hydrogen-bond donors (Lipinski definition) is 1. The fourth-order valence-corrected chi connectivity index (χ4v) is 3.39. The highest BCUT2D eigenvalue weighted by Gasteiger charge is 2.27. The van der Waals surface area contributed by atoms with Crippen molar-refractivity contribution in [3.05, 3.63) is 35.4 Å². The van der Waals surface area contributed by atoms with Gasteiger partial charge in [0, 0.05) is 42.7 Å². The lowest BCUT2D eigenvalue weighted by Gasteiger charge is -2.28. The largest absolute Gasteiger partial charge is 0.383 e. The quantitative estimate of drug-likeness (QED) is 0.884. The van der Waals surface area contributed by atoms with Gasteiger partial charge in [-0.1, -0.05) is 0 Å². The molecule has 3 rings (SSSR count). The Labute approximate surface area is 144 Å². The molecule has 2 aromatic rings. The predicted molar refractivity (Wildman–Crippen MR) is 93.8 cm³/mol. The van der Waals surface area contributed by atoms with Crippen molar-refractivity contribution in [3.8, 4) is 0 Å². The second-order valence-corrected chi connectivity index (χ2v) is 7.56. The van der Waals surface area contributed by atoms with E-state index in [1.807, 2.05) is 10.9 Å². The standard InChI is InChI=1S/C18H29N5O/c1-18(2,3)23-17-7-5-6-16(15(17)12-21-23)19-10-14-11-20-22(13-14)8-9-24-4/h11-13,16,19H,5-10H2,1-4H3. The summed E-state index contributed by atoms with van der Waals surface area (Å²) in [7, 11) is 1.71. The lowest BCUT2D eigenvalue weighted by atomic mass is 9.92. The van der Waals surface area contributed by atoms with Crippen LogP contribution in [0.5, 0.6) is 0 Å². The molecule has 132 valence electrons. The lowest BCUT2D eigenvalue weighted by Crippen LogP contribution is -2.29. The van der Waals surface area contributed by atoms with Crippen LogP contribution < -0.4 is 5.32 Å². The molecule has 6 heteroatoms. The van der Waals surface area contributed by atoms with E-state index in [4.69, 9.17) is 4.74 Å². The first-order chi connectivity index (χ1) is 11.5.